The van der Waals surface area contributed by atoms with Crippen LogP contribution in [0.1, 0.15) is 19.4 Å². The van der Waals surface area contributed by atoms with Gasteiger partial charge in [-0.15, -0.1) is 11.3 Å². The maximum atomic E-state index is 12.3. The predicted octanol–water partition coefficient (Wildman–Crippen LogP) is 3.55. The third-order valence-electron chi connectivity index (χ3n) is 4.23. The van der Waals surface area contributed by atoms with E-state index in [0.29, 0.717) is 0 Å². The zero-order valence-corrected chi connectivity index (χ0v) is 12.9. The highest BCUT2D eigenvalue weighted by Gasteiger charge is 2.42. The van der Waals surface area contributed by atoms with Crippen molar-refractivity contribution < 1.29 is 4.79 Å². The first-order chi connectivity index (χ1) is 9.98. The maximum Gasteiger partial charge on any atom is 0.236 e. The van der Waals surface area contributed by atoms with E-state index >= 15 is 0 Å². The van der Waals surface area contributed by atoms with Crippen molar-refractivity contribution in [1.29, 1.82) is 0 Å². The topological polar surface area (TPSA) is 49.0 Å². The van der Waals surface area contributed by atoms with Crippen molar-refractivity contribution >= 4 is 34.0 Å². The van der Waals surface area contributed by atoms with Crippen LogP contribution >= 0.6 is 11.3 Å². The zero-order valence-electron chi connectivity index (χ0n) is 12.1. The molecule has 0 atom stereocenters. The van der Waals surface area contributed by atoms with E-state index in [-0.39, 0.29) is 5.91 Å². The average molecular weight is 297 g/mol. The average Bonchev–Trinajstić information content (AvgIpc) is 3.14. The molecule has 3 aromatic rings. The molecule has 106 valence electrons. The molecule has 1 aliphatic rings. The summed E-state index contributed by atoms with van der Waals surface area (Å²) in [7, 11) is 1.83. The lowest BCUT2D eigenvalue weighted by Crippen LogP contribution is -2.33. The molecule has 0 saturated heterocycles. The quantitative estimate of drug-likeness (QED) is 0.747. The second-order valence-corrected chi connectivity index (χ2v) is 6.89. The summed E-state index contributed by atoms with van der Waals surface area (Å²) in [4.78, 5) is 23.2. The number of nitrogens with one attached hydrogen (secondary N) is 1. The molecule has 1 N–H and O–H groups in total. The number of nitrogens with zero attached hydrogens (tertiary/aromatic N) is 2. The van der Waals surface area contributed by atoms with Gasteiger partial charge in [0.25, 0.3) is 0 Å². The normalized spacial score (nSPS) is 16.7. The maximum absolute atomic E-state index is 12.3. The lowest BCUT2D eigenvalue weighted by atomic mass is 9.86. The number of benzene rings is 1. The second-order valence-electron chi connectivity index (χ2n) is 5.94. The number of hydrogen-bond acceptors (Lipinski definition) is 3. The Hall–Kier alpha value is -2.14. The number of rotatable bonds is 1. The van der Waals surface area contributed by atoms with Gasteiger partial charge in [0.05, 0.1) is 21.3 Å². The van der Waals surface area contributed by atoms with Gasteiger partial charge in [-0.3, -0.25) is 4.79 Å². The number of H-pyrrole nitrogens is 1. The number of hydrogen-bond donors (Lipinski definition) is 1. The molecular weight excluding hydrogens is 282 g/mol. The van der Waals surface area contributed by atoms with Gasteiger partial charge in [0.15, 0.2) is 0 Å². The molecule has 4 rings (SSSR count). The summed E-state index contributed by atoms with van der Waals surface area (Å²) in [5, 5.41) is 2.04. The predicted molar refractivity (Wildman–Crippen MR) is 85.8 cm³/mol. The first kappa shape index (κ1) is 12.6. The van der Waals surface area contributed by atoms with Crippen LogP contribution in [0.3, 0.4) is 0 Å². The monoisotopic (exact) mass is 297 g/mol. The fraction of sp³-hybridized carbons (Fsp3) is 0.250. The number of carbonyl (C=O) groups is 1. The number of aromatic nitrogens is 2. The van der Waals surface area contributed by atoms with Crippen molar-refractivity contribution in [2.24, 2.45) is 0 Å². The first-order valence-electron chi connectivity index (χ1n) is 6.85. The van der Waals surface area contributed by atoms with Crippen molar-refractivity contribution in [3.63, 3.8) is 0 Å². The number of carbonyl (C=O) groups excluding carboxylic acids is 1. The third-order valence-corrected chi connectivity index (χ3v) is 5.10. The Morgan fingerprint density at radius 2 is 2.14 bits per heavy atom. The van der Waals surface area contributed by atoms with E-state index < -0.39 is 5.41 Å². The molecule has 2 aromatic heterocycles. The molecule has 1 amide bonds. The molecule has 4 nitrogen and oxygen atoms in total. The summed E-state index contributed by atoms with van der Waals surface area (Å²) < 4.78 is 0. The van der Waals surface area contributed by atoms with Crippen LogP contribution in [-0.2, 0) is 10.2 Å². The third kappa shape index (κ3) is 1.61. The highest BCUT2D eigenvalue weighted by molar-refractivity contribution is 7.13. The highest BCUT2D eigenvalue weighted by atomic mass is 32.1. The molecule has 1 aliphatic heterocycles. The van der Waals surface area contributed by atoms with Gasteiger partial charge < -0.3 is 9.88 Å². The number of thiophene rings is 1. The number of imidazole rings is 1. The summed E-state index contributed by atoms with van der Waals surface area (Å²) in [5.41, 5.74) is 3.42. The van der Waals surface area contributed by atoms with Crippen molar-refractivity contribution in [2.75, 3.05) is 11.9 Å². The second kappa shape index (κ2) is 3.95. The van der Waals surface area contributed by atoms with Gasteiger partial charge in [-0.05, 0) is 43.0 Å². The van der Waals surface area contributed by atoms with E-state index in [1.807, 2.05) is 38.4 Å². The van der Waals surface area contributed by atoms with Crippen LogP contribution in [0.15, 0.2) is 29.6 Å². The Kier molecular flexibility index (Phi) is 2.37. The minimum atomic E-state index is -0.480. The summed E-state index contributed by atoms with van der Waals surface area (Å²) in [6.07, 6.45) is 0. The Morgan fingerprint density at radius 3 is 2.86 bits per heavy atom. The summed E-state index contributed by atoms with van der Waals surface area (Å²) in [6.45, 7) is 3.94. The van der Waals surface area contributed by atoms with Gasteiger partial charge in [0.1, 0.15) is 5.82 Å². The van der Waals surface area contributed by atoms with E-state index in [2.05, 4.69) is 22.1 Å². The number of fused-ring (bicyclic) bond motifs is 2. The Morgan fingerprint density at radius 1 is 1.33 bits per heavy atom. The van der Waals surface area contributed by atoms with Gasteiger partial charge in [-0.25, -0.2) is 4.98 Å². The minimum absolute atomic E-state index is 0.128. The van der Waals surface area contributed by atoms with Crippen molar-refractivity contribution in [3.05, 3.63) is 35.2 Å². The van der Waals surface area contributed by atoms with Crippen LogP contribution in [0.5, 0.6) is 0 Å². The molecule has 5 heteroatoms. The molecule has 0 saturated carbocycles. The van der Waals surface area contributed by atoms with Crippen LogP contribution in [0.4, 0.5) is 5.69 Å². The fourth-order valence-corrected chi connectivity index (χ4v) is 3.67. The van der Waals surface area contributed by atoms with E-state index in [4.69, 9.17) is 0 Å². The smallest absolute Gasteiger partial charge is 0.236 e. The highest BCUT2D eigenvalue weighted by Crippen LogP contribution is 2.42. The standard InChI is InChI=1S/C16H15N3OS/c1-16(2)9-7-10-11(8-12(9)19(3)15(16)20)18-14(17-10)13-5-4-6-21-13/h4-8H,1-3H3,(H,17,18). The van der Waals surface area contributed by atoms with E-state index in [1.165, 1.54) is 0 Å². The molecule has 1 aromatic carbocycles. The Labute approximate surface area is 126 Å². The summed E-state index contributed by atoms with van der Waals surface area (Å²) in [6, 6.07) is 8.14. The molecule has 21 heavy (non-hydrogen) atoms. The largest absolute Gasteiger partial charge is 0.337 e. The SMILES string of the molecule is CN1C(=O)C(C)(C)c2cc3[nH]c(-c4cccs4)nc3cc21. The van der Waals surface area contributed by atoms with Gasteiger partial charge in [0.2, 0.25) is 5.91 Å². The Bertz CT molecular complexity index is 861. The molecule has 0 aliphatic carbocycles. The van der Waals surface area contributed by atoms with Gasteiger partial charge in [-0.2, -0.15) is 0 Å². The number of anilines is 1. The summed E-state index contributed by atoms with van der Waals surface area (Å²) >= 11 is 1.66. The van der Waals surface area contributed by atoms with Crippen LogP contribution < -0.4 is 4.90 Å². The number of aromatic amines is 1. The van der Waals surface area contributed by atoms with E-state index in [9.17, 15) is 4.79 Å². The molecular formula is C16H15N3OS. The lowest BCUT2D eigenvalue weighted by Gasteiger charge is -2.16. The summed E-state index contributed by atoms with van der Waals surface area (Å²) in [5.74, 6) is 1.01. The molecule has 0 spiro atoms. The molecule has 0 radical (unpaired) electrons. The zero-order chi connectivity index (χ0) is 14.8. The lowest BCUT2D eigenvalue weighted by molar-refractivity contribution is -0.121. The van der Waals surface area contributed by atoms with Gasteiger partial charge >= 0.3 is 0 Å². The fourth-order valence-electron chi connectivity index (χ4n) is 3.00. The van der Waals surface area contributed by atoms with E-state index in [1.54, 1.807) is 16.2 Å². The van der Waals surface area contributed by atoms with Gasteiger partial charge in [-0.1, -0.05) is 6.07 Å². The van der Waals surface area contributed by atoms with Crippen molar-refractivity contribution in [1.82, 2.24) is 9.97 Å². The first-order valence-corrected chi connectivity index (χ1v) is 7.73. The van der Waals surface area contributed by atoms with E-state index in [0.717, 1.165) is 33.0 Å². The van der Waals surface area contributed by atoms with Crippen LogP contribution in [0, 0.1) is 0 Å². The van der Waals surface area contributed by atoms with Crippen LogP contribution in [0.25, 0.3) is 21.7 Å². The minimum Gasteiger partial charge on any atom is -0.337 e. The number of likely N-dealkylation sites (N-methyl/N-ethyl adjacent to an activating group) is 1. The Balaban J connectivity index is 1.95. The molecule has 0 unspecified atom stereocenters. The van der Waals surface area contributed by atoms with Gasteiger partial charge in [0, 0.05) is 12.7 Å². The molecule has 3 heterocycles. The number of amides is 1. The van der Waals surface area contributed by atoms with Crippen LogP contribution in [-0.4, -0.2) is 22.9 Å². The van der Waals surface area contributed by atoms with Crippen LogP contribution in [0.2, 0.25) is 0 Å². The van der Waals surface area contributed by atoms with Crippen molar-refractivity contribution in [3.8, 4) is 10.7 Å². The molecule has 0 fully saturated rings. The van der Waals surface area contributed by atoms with Crippen molar-refractivity contribution in [2.45, 2.75) is 19.3 Å². The molecule has 0 bridgehead atoms.